The lowest BCUT2D eigenvalue weighted by molar-refractivity contribution is -0.124. The molecule has 188 valence electrons. The van der Waals surface area contributed by atoms with Crippen LogP contribution in [0.5, 0.6) is 0 Å². The van der Waals surface area contributed by atoms with Crippen molar-refractivity contribution in [2.24, 2.45) is 0 Å². The van der Waals surface area contributed by atoms with Crippen molar-refractivity contribution in [3.8, 4) is 6.07 Å². The largest absolute Gasteiger partial charge is 0.478 e. The summed E-state index contributed by atoms with van der Waals surface area (Å²) in [4.78, 5) is 44.7. The summed E-state index contributed by atoms with van der Waals surface area (Å²) in [7, 11) is 1.60. The third-order valence-corrected chi connectivity index (χ3v) is 8.36. The molecule has 2 fully saturated rings. The van der Waals surface area contributed by atoms with Crippen molar-refractivity contribution in [2.75, 3.05) is 25.0 Å². The summed E-state index contributed by atoms with van der Waals surface area (Å²) < 4.78 is 0. The van der Waals surface area contributed by atoms with Crippen molar-refractivity contribution >= 4 is 58.1 Å². The van der Waals surface area contributed by atoms with Gasteiger partial charge in [-0.1, -0.05) is 35.3 Å². The van der Waals surface area contributed by atoms with Crippen LogP contribution in [0.2, 0.25) is 10.0 Å². The molecule has 3 heterocycles. The maximum atomic E-state index is 14.2. The standard InChI is InChI=1S/C26H20Cl2N4O4S/c1-30-25(36)32(19-9-17(27)8-18(28)10-19)24(35)26(30)14-31(13-22-20(23(33)34)6-7-37-22)12-21(26)16-4-2-15(11-29)3-5-16/h2-10,21H,12-14H2,1H3,(H,33,34)/t21-,26-/m1/s1. The minimum atomic E-state index is -1.26. The number of benzene rings is 2. The number of thiophene rings is 1. The number of carboxylic acid groups (broad SMARTS) is 1. The summed E-state index contributed by atoms with van der Waals surface area (Å²) in [5, 5.41) is 21.1. The number of anilines is 1. The zero-order chi connectivity index (χ0) is 26.5. The van der Waals surface area contributed by atoms with Gasteiger partial charge in [0.1, 0.15) is 5.54 Å². The normalized spacial score (nSPS) is 21.7. The number of likely N-dealkylation sites (N-methyl/N-ethyl adjacent to an activating group) is 1. The number of rotatable bonds is 5. The van der Waals surface area contributed by atoms with Gasteiger partial charge in [-0.25, -0.2) is 14.5 Å². The van der Waals surface area contributed by atoms with E-state index in [1.165, 1.54) is 34.4 Å². The summed E-state index contributed by atoms with van der Waals surface area (Å²) >= 11 is 13.7. The van der Waals surface area contributed by atoms with Crippen LogP contribution in [0.3, 0.4) is 0 Å². The second-order valence-electron chi connectivity index (χ2n) is 9.05. The predicted molar refractivity (Wildman–Crippen MR) is 140 cm³/mol. The number of hydrogen-bond acceptors (Lipinski definition) is 6. The molecule has 0 bridgehead atoms. The van der Waals surface area contributed by atoms with E-state index in [-0.39, 0.29) is 17.8 Å². The van der Waals surface area contributed by atoms with E-state index in [0.717, 1.165) is 10.5 Å². The smallest absolute Gasteiger partial charge is 0.336 e. The molecular formula is C26H20Cl2N4O4S. The van der Waals surface area contributed by atoms with Crippen LogP contribution in [0.4, 0.5) is 10.5 Å². The number of hydrogen-bond donors (Lipinski definition) is 1. The monoisotopic (exact) mass is 554 g/mol. The number of likely N-dealkylation sites (tertiary alicyclic amines) is 1. The van der Waals surface area contributed by atoms with E-state index in [4.69, 9.17) is 23.2 Å². The van der Waals surface area contributed by atoms with Gasteiger partial charge in [0.15, 0.2) is 0 Å². The van der Waals surface area contributed by atoms with Crippen LogP contribution in [0, 0.1) is 11.3 Å². The SMILES string of the molecule is CN1C(=O)N(c2cc(Cl)cc(Cl)c2)C(=O)[C@]12CN(Cc1sccc1C(=O)O)C[C@@H]2c1ccc(C#N)cc1. The van der Waals surface area contributed by atoms with E-state index in [9.17, 15) is 24.8 Å². The average molecular weight is 555 g/mol. The molecule has 11 heteroatoms. The predicted octanol–water partition coefficient (Wildman–Crippen LogP) is 5.06. The summed E-state index contributed by atoms with van der Waals surface area (Å²) in [5.74, 6) is -1.86. The maximum Gasteiger partial charge on any atom is 0.336 e. The second-order valence-corrected chi connectivity index (χ2v) is 10.9. The Hall–Kier alpha value is -3.42. The molecule has 2 aliphatic rings. The number of nitriles is 1. The third kappa shape index (κ3) is 4.16. The van der Waals surface area contributed by atoms with Crippen LogP contribution in [-0.2, 0) is 11.3 Å². The van der Waals surface area contributed by atoms with Gasteiger partial charge in [-0.2, -0.15) is 5.26 Å². The zero-order valence-corrected chi connectivity index (χ0v) is 21.8. The Balaban J connectivity index is 1.58. The molecule has 1 spiro atoms. The molecule has 37 heavy (non-hydrogen) atoms. The molecule has 5 rings (SSSR count). The van der Waals surface area contributed by atoms with Crippen LogP contribution < -0.4 is 4.90 Å². The van der Waals surface area contributed by atoms with Gasteiger partial charge in [0, 0.05) is 47.5 Å². The summed E-state index contributed by atoms with van der Waals surface area (Å²) in [6, 6.07) is 14.7. The number of carbonyl (C=O) groups is 3. The van der Waals surface area contributed by atoms with Crippen molar-refractivity contribution in [1.29, 1.82) is 5.26 Å². The first-order chi connectivity index (χ1) is 17.6. The first-order valence-electron chi connectivity index (χ1n) is 11.3. The van der Waals surface area contributed by atoms with Crippen molar-refractivity contribution in [1.82, 2.24) is 9.80 Å². The Morgan fingerprint density at radius 1 is 1.16 bits per heavy atom. The number of aromatic carboxylic acids is 1. The molecule has 2 aromatic carbocycles. The molecule has 1 N–H and O–H groups in total. The van der Waals surface area contributed by atoms with Gasteiger partial charge in [-0.3, -0.25) is 9.69 Å². The first-order valence-corrected chi connectivity index (χ1v) is 12.9. The van der Waals surface area contributed by atoms with Crippen molar-refractivity contribution in [2.45, 2.75) is 18.0 Å². The fourth-order valence-corrected chi connectivity index (χ4v) is 6.69. The highest BCUT2D eigenvalue weighted by Gasteiger charge is 2.64. The van der Waals surface area contributed by atoms with Crippen molar-refractivity contribution < 1.29 is 19.5 Å². The van der Waals surface area contributed by atoms with Gasteiger partial charge >= 0.3 is 12.0 Å². The number of amides is 3. The highest BCUT2D eigenvalue weighted by molar-refractivity contribution is 7.10. The second kappa shape index (κ2) is 9.47. The van der Waals surface area contributed by atoms with Crippen molar-refractivity contribution in [3.05, 3.63) is 85.5 Å². The van der Waals surface area contributed by atoms with E-state index in [1.54, 1.807) is 42.8 Å². The molecule has 8 nitrogen and oxygen atoms in total. The van der Waals surface area contributed by atoms with E-state index in [1.807, 2.05) is 4.90 Å². The lowest BCUT2D eigenvalue weighted by Crippen LogP contribution is -2.53. The summed E-state index contributed by atoms with van der Waals surface area (Å²) in [6.07, 6.45) is 0. The summed E-state index contributed by atoms with van der Waals surface area (Å²) in [5.41, 5.74) is 0.512. The fourth-order valence-electron chi connectivity index (χ4n) is 5.27. The number of urea groups is 1. The van der Waals surface area contributed by atoms with Gasteiger partial charge in [0.2, 0.25) is 0 Å². The maximum absolute atomic E-state index is 14.2. The Bertz CT molecular complexity index is 1450. The molecular weight excluding hydrogens is 535 g/mol. The van der Waals surface area contributed by atoms with Crippen LogP contribution in [0.1, 0.15) is 32.3 Å². The summed E-state index contributed by atoms with van der Waals surface area (Å²) in [6.45, 7) is 0.906. The van der Waals surface area contributed by atoms with Gasteiger partial charge in [-0.05, 0) is 47.3 Å². The quantitative estimate of drug-likeness (QED) is 0.442. The third-order valence-electron chi connectivity index (χ3n) is 7.02. The Labute approximate surface area is 226 Å². The molecule has 0 unspecified atom stereocenters. The average Bonchev–Trinajstić information content (AvgIpc) is 3.52. The lowest BCUT2D eigenvalue weighted by atomic mass is 9.80. The minimum Gasteiger partial charge on any atom is -0.478 e. The number of nitrogens with zero attached hydrogens (tertiary/aromatic N) is 4. The molecule has 0 saturated carbocycles. The van der Waals surface area contributed by atoms with Crippen molar-refractivity contribution in [3.63, 3.8) is 0 Å². The number of halogens is 2. The molecule has 1 aromatic heterocycles. The number of carboxylic acids is 1. The van der Waals surface area contributed by atoms with E-state index >= 15 is 0 Å². The molecule has 2 saturated heterocycles. The Morgan fingerprint density at radius 2 is 1.84 bits per heavy atom. The van der Waals surface area contributed by atoms with Crippen LogP contribution >= 0.6 is 34.5 Å². The number of imide groups is 1. The minimum absolute atomic E-state index is 0.195. The zero-order valence-electron chi connectivity index (χ0n) is 19.5. The molecule has 0 aliphatic carbocycles. The molecule has 3 amide bonds. The molecule has 2 aliphatic heterocycles. The van der Waals surface area contributed by atoms with Gasteiger partial charge in [0.25, 0.3) is 5.91 Å². The Morgan fingerprint density at radius 3 is 2.46 bits per heavy atom. The highest BCUT2D eigenvalue weighted by atomic mass is 35.5. The molecule has 2 atom stereocenters. The lowest BCUT2D eigenvalue weighted by Gasteiger charge is -2.34. The first kappa shape index (κ1) is 25.2. The van der Waals surface area contributed by atoms with E-state index in [0.29, 0.717) is 33.6 Å². The van der Waals surface area contributed by atoms with E-state index < -0.39 is 29.4 Å². The van der Waals surface area contributed by atoms with Crippen LogP contribution in [0.25, 0.3) is 0 Å². The van der Waals surface area contributed by atoms with Crippen LogP contribution in [0.15, 0.2) is 53.9 Å². The topological polar surface area (TPSA) is 105 Å². The van der Waals surface area contributed by atoms with Gasteiger partial charge in [-0.15, -0.1) is 11.3 Å². The fraction of sp³-hybridized carbons (Fsp3) is 0.231. The Kier molecular flexibility index (Phi) is 6.46. The molecule has 3 aromatic rings. The highest BCUT2D eigenvalue weighted by Crippen LogP contribution is 2.47. The number of carbonyl (C=O) groups excluding carboxylic acids is 2. The van der Waals surface area contributed by atoms with Crippen LogP contribution in [-0.4, -0.2) is 58.5 Å². The van der Waals surface area contributed by atoms with E-state index in [2.05, 4.69) is 6.07 Å². The van der Waals surface area contributed by atoms with Gasteiger partial charge < -0.3 is 10.0 Å². The van der Waals surface area contributed by atoms with Gasteiger partial charge in [0.05, 0.1) is 22.9 Å². The molecule has 0 radical (unpaired) electrons.